The number of hydrogen-bond donors (Lipinski definition) is 1. The molecular formula is C14H21NO2S. The fraction of sp³-hybridized carbons (Fsp3) is 0.500. The molecule has 100 valence electrons. The zero-order valence-electron chi connectivity index (χ0n) is 11.2. The summed E-state index contributed by atoms with van der Waals surface area (Å²) in [6, 6.07) is 7.83. The number of amides is 1. The number of ether oxygens (including phenoxy) is 1. The topological polar surface area (TPSA) is 38.3 Å². The van der Waals surface area contributed by atoms with Crippen molar-refractivity contribution in [1.82, 2.24) is 5.32 Å². The second-order valence-electron chi connectivity index (χ2n) is 4.27. The maximum Gasteiger partial charge on any atom is 0.224 e. The Morgan fingerprint density at radius 1 is 1.39 bits per heavy atom. The second-order valence-corrected chi connectivity index (χ2v) is 5.26. The summed E-state index contributed by atoms with van der Waals surface area (Å²) in [5, 5.41) is 3.01. The minimum absolute atomic E-state index is 0.0776. The first-order chi connectivity index (χ1) is 8.65. The van der Waals surface area contributed by atoms with Gasteiger partial charge in [0.05, 0.1) is 13.5 Å². The highest BCUT2D eigenvalue weighted by Gasteiger charge is 2.07. The lowest BCUT2D eigenvalue weighted by molar-refractivity contribution is -0.121. The molecule has 0 aliphatic carbocycles. The summed E-state index contributed by atoms with van der Waals surface area (Å²) in [5.41, 5.74) is 1.00. The molecule has 1 unspecified atom stereocenters. The van der Waals surface area contributed by atoms with Crippen LogP contribution in [0.25, 0.3) is 0 Å². The molecule has 0 radical (unpaired) electrons. The van der Waals surface area contributed by atoms with E-state index in [0.717, 1.165) is 23.5 Å². The predicted octanol–water partition coefficient (Wildman–Crippen LogP) is 2.50. The van der Waals surface area contributed by atoms with Crippen LogP contribution >= 0.6 is 11.8 Å². The fourth-order valence-electron chi connectivity index (χ4n) is 1.62. The third-order valence-electron chi connectivity index (χ3n) is 2.69. The Morgan fingerprint density at radius 2 is 2.06 bits per heavy atom. The van der Waals surface area contributed by atoms with Crippen molar-refractivity contribution in [2.24, 2.45) is 0 Å². The van der Waals surface area contributed by atoms with Gasteiger partial charge in [0.25, 0.3) is 0 Å². The summed E-state index contributed by atoms with van der Waals surface area (Å²) in [6.07, 6.45) is 3.51. The molecule has 1 amide bonds. The molecule has 0 aromatic heterocycles. The van der Waals surface area contributed by atoms with Crippen LogP contribution in [0.4, 0.5) is 0 Å². The number of rotatable bonds is 7. The van der Waals surface area contributed by atoms with Gasteiger partial charge in [0.15, 0.2) is 0 Å². The summed E-state index contributed by atoms with van der Waals surface area (Å²) in [5.74, 6) is 1.96. The van der Waals surface area contributed by atoms with Crippen molar-refractivity contribution in [3.63, 3.8) is 0 Å². The molecule has 1 rings (SSSR count). The maximum absolute atomic E-state index is 11.8. The van der Waals surface area contributed by atoms with Gasteiger partial charge in [0.2, 0.25) is 5.91 Å². The lowest BCUT2D eigenvalue weighted by atomic mass is 10.1. The van der Waals surface area contributed by atoms with E-state index in [1.807, 2.05) is 31.2 Å². The number of nitrogens with one attached hydrogen (secondary N) is 1. The molecule has 0 heterocycles. The third kappa shape index (κ3) is 5.45. The number of carbonyl (C=O) groups is 1. The van der Waals surface area contributed by atoms with Crippen LogP contribution in [0, 0.1) is 0 Å². The van der Waals surface area contributed by atoms with Gasteiger partial charge in [-0.25, -0.2) is 0 Å². The van der Waals surface area contributed by atoms with Gasteiger partial charge in [-0.05, 0) is 43.0 Å². The van der Waals surface area contributed by atoms with Crippen molar-refractivity contribution < 1.29 is 9.53 Å². The Morgan fingerprint density at radius 3 is 2.61 bits per heavy atom. The summed E-state index contributed by atoms with van der Waals surface area (Å²) in [6.45, 7) is 2.04. The van der Waals surface area contributed by atoms with Gasteiger partial charge in [-0.15, -0.1) is 0 Å². The Hall–Kier alpha value is -1.16. The van der Waals surface area contributed by atoms with Gasteiger partial charge in [-0.2, -0.15) is 11.8 Å². The highest BCUT2D eigenvalue weighted by atomic mass is 32.2. The monoisotopic (exact) mass is 267 g/mol. The fourth-order valence-corrected chi connectivity index (χ4v) is 2.21. The number of carbonyl (C=O) groups excluding carboxylic acids is 1. The average molecular weight is 267 g/mol. The molecule has 0 saturated carbocycles. The highest BCUT2D eigenvalue weighted by molar-refractivity contribution is 7.98. The molecule has 18 heavy (non-hydrogen) atoms. The predicted molar refractivity (Wildman–Crippen MR) is 77.3 cm³/mol. The number of methoxy groups -OCH3 is 1. The Kier molecular flexibility index (Phi) is 6.65. The zero-order valence-corrected chi connectivity index (χ0v) is 12.0. The molecule has 0 spiro atoms. The lowest BCUT2D eigenvalue weighted by Gasteiger charge is -2.13. The van der Waals surface area contributed by atoms with E-state index in [0.29, 0.717) is 6.42 Å². The summed E-state index contributed by atoms with van der Waals surface area (Å²) in [4.78, 5) is 11.8. The van der Waals surface area contributed by atoms with E-state index in [1.165, 1.54) is 0 Å². The van der Waals surface area contributed by atoms with Gasteiger partial charge in [-0.1, -0.05) is 12.1 Å². The molecule has 4 heteroatoms. The number of hydrogen-bond acceptors (Lipinski definition) is 3. The molecule has 0 aliphatic rings. The van der Waals surface area contributed by atoms with Gasteiger partial charge >= 0.3 is 0 Å². The smallest absolute Gasteiger partial charge is 0.224 e. The Labute approximate surface area is 113 Å². The van der Waals surface area contributed by atoms with Crippen molar-refractivity contribution in [1.29, 1.82) is 0 Å². The molecular weight excluding hydrogens is 246 g/mol. The molecule has 1 N–H and O–H groups in total. The highest BCUT2D eigenvalue weighted by Crippen LogP contribution is 2.11. The molecule has 1 aromatic rings. The molecule has 0 bridgehead atoms. The van der Waals surface area contributed by atoms with E-state index in [2.05, 4.69) is 11.6 Å². The normalized spacial score (nSPS) is 11.9. The van der Waals surface area contributed by atoms with Gasteiger partial charge < -0.3 is 10.1 Å². The minimum Gasteiger partial charge on any atom is -0.497 e. The van der Waals surface area contributed by atoms with Crippen LogP contribution in [-0.4, -0.2) is 31.1 Å². The van der Waals surface area contributed by atoms with E-state index in [-0.39, 0.29) is 11.9 Å². The molecule has 0 saturated heterocycles. The third-order valence-corrected chi connectivity index (χ3v) is 3.33. The Bertz CT molecular complexity index is 365. The van der Waals surface area contributed by atoms with E-state index in [1.54, 1.807) is 18.9 Å². The van der Waals surface area contributed by atoms with Crippen molar-refractivity contribution in [2.45, 2.75) is 25.8 Å². The van der Waals surface area contributed by atoms with Crippen molar-refractivity contribution in [3.8, 4) is 5.75 Å². The van der Waals surface area contributed by atoms with Crippen LogP contribution in [0.1, 0.15) is 18.9 Å². The summed E-state index contributed by atoms with van der Waals surface area (Å²) in [7, 11) is 1.63. The SMILES string of the molecule is COc1ccc(CC(=O)NC(C)CCSC)cc1. The first-order valence-corrected chi connectivity index (χ1v) is 7.46. The summed E-state index contributed by atoms with van der Waals surface area (Å²) >= 11 is 1.80. The number of benzene rings is 1. The van der Waals surface area contributed by atoms with E-state index >= 15 is 0 Å². The number of thioether (sulfide) groups is 1. The first kappa shape index (κ1) is 14.9. The molecule has 0 aliphatic heterocycles. The summed E-state index contributed by atoms with van der Waals surface area (Å²) < 4.78 is 5.08. The van der Waals surface area contributed by atoms with Crippen LogP contribution in [0.3, 0.4) is 0 Å². The van der Waals surface area contributed by atoms with E-state index in [4.69, 9.17) is 4.74 Å². The standard InChI is InChI=1S/C14H21NO2S/c1-11(8-9-18-3)15-14(16)10-12-4-6-13(17-2)7-5-12/h4-7,11H,8-10H2,1-3H3,(H,15,16). The first-order valence-electron chi connectivity index (χ1n) is 6.07. The molecule has 1 atom stereocenters. The minimum atomic E-state index is 0.0776. The van der Waals surface area contributed by atoms with E-state index in [9.17, 15) is 4.79 Å². The maximum atomic E-state index is 11.8. The zero-order chi connectivity index (χ0) is 13.4. The van der Waals surface area contributed by atoms with Crippen molar-refractivity contribution in [2.75, 3.05) is 19.1 Å². The van der Waals surface area contributed by atoms with Crippen LogP contribution < -0.4 is 10.1 Å². The van der Waals surface area contributed by atoms with Gasteiger partial charge in [-0.3, -0.25) is 4.79 Å². The van der Waals surface area contributed by atoms with Crippen LogP contribution in [0.2, 0.25) is 0 Å². The van der Waals surface area contributed by atoms with Gasteiger partial charge in [0, 0.05) is 6.04 Å². The van der Waals surface area contributed by atoms with Gasteiger partial charge in [0.1, 0.15) is 5.75 Å². The van der Waals surface area contributed by atoms with E-state index < -0.39 is 0 Å². The van der Waals surface area contributed by atoms with Crippen LogP contribution in [-0.2, 0) is 11.2 Å². The quantitative estimate of drug-likeness (QED) is 0.825. The molecule has 1 aromatic carbocycles. The lowest BCUT2D eigenvalue weighted by Crippen LogP contribution is -2.34. The Balaban J connectivity index is 2.39. The molecule has 3 nitrogen and oxygen atoms in total. The second kappa shape index (κ2) is 8.03. The van der Waals surface area contributed by atoms with Crippen molar-refractivity contribution >= 4 is 17.7 Å². The molecule has 0 fully saturated rings. The largest absolute Gasteiger partial charge is 0.497 e. The van der Waals surface area contributed by atoms with Crippen molar-refractivity contribution in [3.05, 3.63) is 29.8 Å². The van der Waals surface area contributed by atoms with Crippen LogP contribution in [0.5, 0.6) is 5.75 Å². The van der Waals surface area contributed by atoms with Crippen LogP contribution in [0.15, 0.2) is 24.3 Å². The average Bonchev–Trinajstić information content (AvgIpc) is 2.37.